The van der Waals surface area contributed by atoms with Crippen LogP contribution in [-0.4, -0.2) is 43.6 Å². The third-order valence-electron chi connectivity index (χ3n) is 3.48. The van der Waals surface area contributed by atoms with Gasteiger partial charge in [-0.25, -0.2) is 4.98 Å². The van der Waals surface area contributed by atoms with E-state index >= 15 is 0 Å². The Morgan fingerprint density at radius 2 is 2.09 bits per heavy atom. The van der Waals surface area contributed by atoms with Gasteiger partial charge in [-0.15, -0.1) is 0 Å². The number of nitrogens with one attached hydrogen (secondary N) is 1. The molecule has 0 unspecified atom stereocenters. The summed E-state index contributed by atoms with van der Waals surface area (Å²) in [5.41, 5.74) is -0.397. The van der Waals surface area contributed by atoms with Gasteiger partial charge in [0.2, 0.25) is 0 Å². The van der Waals surface area contributed by atoms with E-state index in [1.807, 2.05) is 6.07 Å². The highest BCUT2D eigenvalue weighted by molar-refractivity contribution is 7.99. The van der Waals surface area contributed by atoms with Crippen molar-refractivity contribution in [2.24, 2.45) is 0 Å². The zero-order valence-corrected chi connectivity index (χ0v) is 13.0. The van der Waals surface area contributed by atoms with Crippen LogP contribution in [0.5, 0.6) is 0 Å². The van der Waals surface area contributed by atoms with Gasteiger partial charge in [0.15, 0.2) is 0 Å². The third kappa shape index (κ3) is 4.35. The van der Waals surface area contributed by atoms with Crippen LogP contribution in [0.15, 0.2) is 11.1 Å². The number of alkyl halides is 3. The van der Waals surface area contributed by atoms with E-state index in [2.05, 4.69) is 4.98 Å². The number of hydrogen-bond donors (Lipinski definition) is 1. The summed E-state index contributed by atoms with van der Waals surface area (Å²) < 4.78 is 43.7. The number of nitriles is 1. The maximum absolute atomic E-state index is 12.8. The number of thioether (sulfide) groups is 1. The van der Waals surface area contributed by atoms with Gasteiger partial charge in [0.25, 0.3) is 0 Å². The van der Waals surface area contributed by atoms with Crippen molar-refractivity contribution in [3.05, 3.63) is 22.9 Å². The molecule has 1 aliphatic rings. The van der Waals surface area contributed by atoms with Crippen LogP contribution < -0.4 is 4.90 Å². The Kier molecular flexibility index (Phi) is 5.67. The minimum absolute atomic E-state index is 0.169. The van der Waals surface area contributed by atoms with E-state index in [0.29, 0.717) is 24.5 Å². The smallest absolute Gasteiger partial charge is 0.370 e. The lowest BCUT2D eigenvalue weighted by Crippen LogP contribution is -3.14. The maximum Gasteiger partial charge on any atom is 0.433 e. The van der Waals surface area contributed by atoms with Gasteiger partial charge in [-0.2, -0.15) is 18.4 Å². The fourth-order valence-electron chi connectivity index (χ4n) is 2.23. The Morgan fingerprint density at radius 1 is 1.41 bits per heavy atom. The minimum atomic E-state index is -4.50. The maximum atomic E-state index is 12.8. The van der Waals surface area contributed by atoms with Crippen molar-refractivity contribution in [1.29, 1.82) is 5.26 Å². The second-order valence-corrected chi connectivity index (χ2v) is 6.16. The molecule has 2 rings (SSSR count). The van der Waals surface area contributed by atoms with Gasteiger partial charge < -0.3 is 9.64 Å². The SMILES string of the molecule is Cc1cc(C(F)(F)F)nc(SCC[NH+]2CCOCC2)c1C#N. The molecule has 1 aliphatic heterocycles. The van der Waals surface area contributed by atoms with E-state index in [1.54, 1.807) is 0 Å². The Morgan fingerprint density at radius 3 is 2.68 bits per heavy atom. The highest BCUT2D eigenvalue weighted by Crippen LogP contribution is 2.32. The molecule has 0 aliphatic carbocycles. The van der Waals surface area contributed by atoms with Crippen LogP contribution in [0.1, 0.15) is 16.8 Å². The molecule has 0 saturated carbocycles. The Hall–Kier alpha value is -1.30. The Balaban J connectivity index is 2.08. The summed E-state index contributed by atoms with van der Waals surface area (Å²) in [6, 6.07) is 2.88. The van der Waals surface area contributed by atoms with E-state index in [0.717, 1.165) is 25.7 Å². The van der Waals surface area contributed by atoms with Crippen LogP contribution in [0.4, 0.5) is 13.2 Å². The van der Waals surface area contributed by atoms with Gasteiger partial charge in [0.05, 0.1) is 25.3 Å². The number of rotatable bonds is 4. The molecule has 0 atom stereocenters. The molecule has 0 spiro atoms. The predicted molar refractivity (Wildman–Crippen MR) is 75.8 cm³/mol. The van der Waals surface area contributed by atoms with Gasteiger partial charge in [0, 0.05) is 5.75 Å². The van der Waals surface area contributed by atoms with Crippen molar-refractivity contribution in [2.45, 2.75) is 18.1 Å². The van der Waals surface area contributed by atoms with Crippen molar-refractivity contribution in [1.82, 2.24) is 4.98 Å². The zero-order valence-electron chi connectivity index (χ0n) is 12.2. The predicted octanol–water partition coefficient (Wildman–Crippen LogP) is 1.29. The van der Waals surface area contributed by atoms with E-state index in [-0.39, 0.29) is 10.6 Å². The van der Waals surface area contributed by atoms with Gasteiger partial charge >= 0.3 is 6.18 Å². The lowest BCUT2D eigenvalue weighted by atomic mass is 10.1. The second kappa shape index (κ2) is 7.31. The molecule has 1 N–H and O–H groups in total. The topological polar surface area (TPSA) is 50.4 Å². The molecule has 2 heterocycles. The molecule has 0 amide bonds. The largest absolute Gasteiger partial charge is 0.433 e. The molecule has 1 fully saturated rings. The molecule has 0 radical (unpaired) electrons. The molecule has 120 valence electrons. The van der Waals surface area contributed by atoms with E-state index in [1.165, 1.54) is 23.6 Å². The summed E-state index contributed by atoms with van der Waals surface area (Å²) in [5.74, 6) is 0.623. The summed E-state index contributed by atoms with van der Waals surface area (Å²) in [4.78, 5) is 5.00. The van der Waals surface area contributed by atoms with E-state index in [4.69, 9.17) is 10.00 Å². The molecule has 4 nitrogen and oxygen atoms in total. The van der Waals surface area contributed by atoms with Crippen LogP contribution >= 0.6 is 11.8 Å². The average molecular weight is 332 g/mol. The fourth-order valence-corrected chi connectivity index (χ4v) is 3.33. The summed E-state index contributed by atoms with van der Waals surface area (Å²) >= 11 is 1.21. The first-order chi connectivity index (χ1) is 10.4. The summed E-state index contributed by atoms with van der Waals surface area (Å²) in [5, 5.41) is 9.30. The molecule has 1 aromatic heterocycles. The Bertz CT molecular complexity index is 566. The number of hydrogen-bond acceptors (Lipinski definition) is 4. The molecule has 0 bridgehead atoms. The normalized spacial score (nSPS) is 16.5. The Labute approximate surface area is 131 Å². The van der Waals surface area contributed by atoms with Crippen LogP contribution in [0, 0.1) is 18.3 Å². The monoisotopic (exact) mass is 332 g/mol. The van der Waals surface area contributed by atoms with Crippen LogP contribution in [0.25, 0.3) is 0 Å². The van der Waals surface area contributed by atoms with Crippen molar-refractivity contribution in [3.8, 4) is 6.07 Å². The van der Waals surface area contributed by atoms with Crippen LogP contribution in [0.2, 0.25) is 0 Å². The highest BCUT2D eigenvalue weighted by atomic mass is 32.2. The van der Waals surface area contributed by atoms with Crippen molar-refractivity contribution >= 4 is 11.8 Å². The average Bonchev–Trinajstić information content (AvgIpc) is 2.47. The second-order valence-electron chi connectivity index (χ2n) is 5.07. The quantitative estimate of drug-likeness (QED) is 0.844. The molecule has 22 heavy (non-hydrogen) atoms. The number of nitrogens with zero attached hydrogens (tertiary/aromatic N) is 2. The van der Waals surface area contributed by atoms with Crippen molar-refractivity contribution in [2.75, 3.05) is 38.6 Å². The fraction of sp³-hybridized carbons (Fsp3) is 0.571. The summed E-state index contributed by atoms with van der Waals surface area (Å²) in [6.07, 6.45) is -4.50. The number of quaternary nitrogens is 1. The number of pyridine rings is 1. The number of aryl methyl sites for hydroxylation is 1. The van der Waals surface area contributed by atoms with Crippen molar-refractivity contribution in [3.63, 3.8) is 0 Å². The standard InChI is InChI=1S/C14H16F3N3OS/c1-10-8-12(14(15,16)17)19-13(11(10)9-18)22-7-4-20-2-5-21-6-3-20/h8H,2-7H2,1H3/p+1. The summed E-state index contributed by atoms with van der Waals surface area (Å²) in [6.45, 7) is 5.55. The van der Waals surface area contributed by atoms with E-state index < -0.39 is 11.9 Å². The van der Waals surface area contributed by atoms with Crippen LogP contribution in [-0.2, 0) is 10.9 Å². The number of ether oxygens (including phenoxy) is 1. The van der Waals surface area contributed by atoms with Gasteiger partial charge in [-0.3, -0.25) is 0 Å². The lowest BCUT2D eigenvalue weighted by molar-refractivity contribution is -0.905. The first-order valence-electron chi connectivity index (χ1n) is 6.95. The number of aromatic nitrogens is 1. The number of morpholine rings is 1. The summed E-state index contributed by atoms with van der Waals surface area (Å²) in [7, 11) is 0. The zero-order chi connectivity index (χ0) is 16.2. The lowest BCUT2D eigenvalue weighted by Gasteiger charge is -2.23. The van der Waals surface area contributed by atoms with E-state index in [9.17, 15) is 13.2 Å². The highest BCUT2D eigenvalue weighted by Gasteiger charge is 2.34. The first kappa shape index (κ1) is 17.1. The van der Waals surface area contributed by atoms with Gasteiger partial charge in [-0.05, 0) is 18.6 Å². The molecular weight excluding hydrogens is 315 g/mol. The minimum Gasteiger partial charge on any atom is -0.370 e. The third-order valence-corrected chi connectivity index (χ3v) is 4.46. The van der Waals surface area contributed by atoms with Gasteiger partial charge in [-0.1, -0.05) is 11.8 Å². The van der Waals surface area contributed by atoms with Crippen molar-refractivity contribution < 1.29 is 22.8 Å². The first-order valence-corrected chi connectivity index (χ1v) is 7.93. The molecule has 1 aromatic rings. The molecule has 8 heteroatoms. The molecule has 1 saturated heterocycles. The number of halogens is 3. The van der Waals surface area contributed by atoms with Crippen LogP contribution in [0.3, 0.4) is 0 Å². The van der Waals surface area contributed by atoms with Gasteiger partial charge in [0.1, 0.15) is 29.9 Å². The molecule has 0 aromatic carbocycles. The molecular formula is C14H17F3N3OS+.